The van der Waals surface area contributed by atoms with Crippen LogP contribution in [0, 0.1) is 5.92 Å². The smallest absolute Gasteiger partial charge is 0.0349 e. The van der Waals surface area contributed by atoms with E-state index in [4.69, 9.17) is 0 Å². The first-order valence-corrected chi connectivity index (χ1v) is 5.83. The van der Waals surface area contributed by atoms with Crippen molar-refractivity contribution >= 4 is 0 Å². The van der Waals surface area contributed by atoms with E-state index in [-0.39, 0.29) is 0 Å². The van der Waals surface area contributed by atoms with Crippen molar-refractivity contribution in [3.8, 4) is 0 Å². The van der Waals surface area contributed by atoms with Gasteiger partial charge in [-0.15, -0.1) is 0 Å². The van der Waals surface area contributed by atoms with E-state index in [1.165, 1.54) is 32.7 Å². The first-order valence-electron chi connectivity index (χ1n) is 5.83. The number of likely N-dealkylation sites (N-methyl/N-ethyl adjacent to an activating group) is 1. The number of hydrogen-bond acceptors (Lipinski definition) is 3. The summed E-state index contributed by atoms with van der Waals surface area (Å²) in [7, 11) is 2.24. The zero-order chi connectivity index (χ0) is 10.1. The molecule has 0 aromatic rings. The fourth-order valence-electron chi connectivity index (χ4n) is 2.52. The molecular formula is C11H23N3. The average Bonchev–Trinajstić information content (AvgIpc) is 2.04. The molecule has 0 aliphatic carbocycles. The van der Waals surface area contributed by atoms with E-state index < -0.39 is 0 Å². The normalized spacial score (nSPS) is 32.1. The number of nitrogens with one attached hydrogen (secondary N) is 1. The summed E-state index contributed by atoms with van der Waals surface area (Å²) in [6, 6.07) is 1.58. The van der Waals surface area contributed by atoms with Crippen LogP contribution in [0.3, 0.4) is 0 Å². The fraction of sp³-hybridized carbons (Fsp3) is 1.00. The molecule has 2 heterocycles. The van der Waals surface area contributed by atoms with Gasteiger partial charge >= 0.3 is 0 Å². The second kappa shape index (κ2) is 4.17. The molecule has 2 fully saturated rings. The molecule has 0 bridgehead atoms. The summed E-state index contributed by atoms with van der Waals surface area (Å²) in [6.07, 6.45) is 0. The van der Waals surface area contributed by atoms with Crippen LogP contribution in [0.5, 0.6) is 0 Å². The van der Waals surface area contributed by atoms with Crippen molar-refractivity contribution in [3.05, 3.63) is 0 Å². The van der Waals surface area contributed by atoms with Crippen molar-refractivity contribution < 1.29 is 0 Å². The zero-order valence-corrected chi connectivity index (χ0v) is 9.66. The zero-order valence-electron chi connectivity index (χ0n) is 9.66. The van der Waals surface area contributed by atoms with Crippen LogP contribution < -0.4 is 5.32 Å². The van der Waals surface area contributed by atoms with Crippen LogP contribution in [0.2, 0.25) is 0 Å². The Morgan fingerprint density at radius 1 is 1.21 bits per heavy atom. The Morgan fingerprint density at radius 2 is 1.93 bits per heavy atom. The van der Waals surface area contributed by atoms with Crippen LogP contribution in [0.4, 0.5) is 0 Å². The molecule has 3 heteroatoms. The van der Waals surface area contributed by atoms with E-state index in [0.29, 0.717) is 0 Å². The lowest BCUT2D eigenvalue weighted by atomic mass is 9.96. The lowest BCUT2D eigenvalue weighted by Gasteiger charge is -2.49. The SMILES string of the molecule is CC(C)C1CN(C)CCN1C1CNC1. The van der Waals surface area contributed by atoms with Gasteiger partial charge in [0.25, 0.3) is 0 Å². The van der Waals surface area contributed by atoms with E-state index in [0.717, 1.165) is 18.0 Å². The minimum Gasteiger partial charge on any atom is -0.314 e. The minimum absolute atomic E-state index is 0.765. The van der Waals surface area contributed by atoms with Gasteiger partial charge in [0, 0.05) is 44.8 Å². The molecule has 2 rings (SSSR count). The van der Waals surface area contributed by atoms with E-state index in [1.807, 2.05) is 0 Å². The Labute approximate surface area is 87.4 Å². The molecule has 0 amide bonds. The van der Waals surface area contributed by atoms with Gasteiger partial charge in [-0.1, -0.05) is 13.8 Å². The molecule has 0 aromatic carbocycles. The summed E-state index contributed by atoms with van der Waals surface area (Å²) in [6.45, 7) is 10.8. The van der Waals surface area contributed by atoms with Crippen molar-refractivity contribution in [1.29, 1.82) is 0 Å². The average molecular weight is 197 g/mol. The molecule has 0 radical (unpaired) electrons. The summed E-state index contributed by atoms with van der Waals surface area (Å²) >= 11 is 0. The van der Waals surface area contributed by atoms with E-state index in [9.17, 15) is 0 Å². The first-order chi connectivity index (χ1) is 6.68. The predicted octanol–water partition coefficient (Wildman–Crippen LogP) is 0.230. The Balaban J connectivity index is 1.98. The van der Waals surface area contributed by atoms with Crippen molar-refractivity contribution in [2.24, 2.45) is 5.92 Å². The summed E-state index contributed by atoms with van der Waals surface area (Å²) < 4.78 is 0. The van der Waals surface area contributed by atoms with Gasteiger partial charge in [-0.2, -0.15) is 0 Å². The molecular weight excluding hydrogens is 174 g/mol. The molecule has 1 unspecified atom stereocenters. The van der Waals surface area contributed by atoms with Gasteiger partial charge in [0.15, 0.2) is 0 Å². The van der Waals surface area contributed by atoms with Crippen LogP contribution in [-0.2, 0) is 0 Å². The van der Waals surface area contributed by atoms with Crippen molar-refractivity contribution in [2.75, 3.05) is 39.8 Å². The van der Waals surface area contributed by atoms with Crippen LogP contribution in [0.25, 0.3) is 0 Å². The maximum atomic E-state index is 3.37. The standard InChI is InChI=1S/C11H23N3/c1-9(2)11-8-13(3)4-5-14(11)10-6-12-7-10/h9-12H,4-8H2,1-3H3. The molecule has 0 saturated carbocycles. The highest BCUT2D eigenvalue weighted by atomic mass is 15.3. The summed E-state index contributed by atoms with van der Waals surface area (Å²) in [4.78, 5) is 5.19. The van der Waals surface area contributed by atoms with Crippen LogP contribution >= 0.6 is 0 Å². The van der Waals surface area contributed by atoms with Gasteiger partial charge < -0.3 is 10.2 Å². The molecule has 2 saturated heterocycles. The largest absolute Gasteiger partial charge is 0.314 e. The highest BCUT2D eigenvalue weighted by molar-refractivity contribution is 4.93. The fourth-order valence-corrected chi connectivity index (χ4v) is 2.52. The van der Waals surface area contributed by atoms with Gasteiger partial charge in [-0.05, 0) is 13.0 Å². The van der Waals surface area contributed by atoms with Crippen molar-refractivity contribution in [2.45, 2.75) is 25.9 Å². The first kappa shape index (κ1) is 10.4. The molecule has 2 aliphatic heterocycles. The lowest BCUT2D eigenvalue weighted by Crippen LogP contribution is -2.65. The van der Waals surface area contributed by atoms with Gasteiger partial charge in [-0.3, -0.25) is 4.90 Å². The number of hydrogen-bond donors (Lipinski definition) is 1. The topological polar surface area (TPSA) is 18.5 Å². The van der Waals surface area contributed by atoms with Crippen molar-refractivity contribution in [3.63, 3.8) is 0 Å². The third-order valence-electron chi connectivity index (χ3n) is 3.66. The third-order valence-corrected chi connectivity index (χ3v) is 3.66. The summed E-state index contributed by atoms with van der Waals surface area (Å²) in [5, 5.41) is 3.37. The van der Waals surface area contributed by atoms with Crippen molar-refractivity contribution in [1.82, 2.24) is 15.1 Å². The van der Waals surface area contributed by atoms with E-state index in [1.54, 1.807) is 0 Å². The Morgan fingerprint density at radius 3 is 2.43 bits per heavy atom. The molecule has 2 aliphatic rings. The molecule has 0 spiro atoms. The third kappa shape index (κ3) is 1.95. The Hall–Kier alpha value is -0.120. The number of nitrogens with zero attached hydrogens (tertiary/aromatic N) is 2. The molecule has 82 valence electrons. The summed E-state index contributed by atoms with van der Waals surface area (Å²) in [5.74, 6) is 0.776. The van der Waals surface area contributed by atoms with E-state index in [2.05, 4.69) is 36.0 Å². The molecule has 3 nitrogen and oxygen atoms in total. The van der Waals surface area contributed by atoms with Gasteiger partial charge in [0.2, 0.25) is 0 Å². The Bertz CT molecular complexity index is 189. The maximum Gasteiger partial charge on any atom is 0.0349 e. The summed E-state index contributed by atoms with van der Waals surface area (Å²) in [5.41, 5.74) is 0. The van der Waals surface area contributed by atoms with Crippen LogP contribution in [-0.4, -0.2) is 61.7 Å². The second-order valence-corrected chi connectivity index (χ2v) is 5.12. The number of rotatable bonds is 2. The van der Waals surface area contributed by atoms with Gasteiger partial charge in [0.1, 0.15) is 0 Å². The predicted molar refractivity (Wildman–Crippen MR) is 59.5 cm³/mol. The maximum absolute atomic E-state index is 3.37. The molecule has 1 N–H and O–H groups in total. The lowest BCUT2D eigenvalue weighted by molar-refractivity contribution is 0.0109. The van der Waals surface area contributed by atoms with Gasteiger partial charge in [0.05, 0.1) is 0 Å². The number of piperazine rings is 1. The minimum atomic E-state index is 0.765. The molecule has 0 aromatic heterocycles. The van der Waals surface area contributed by atoms with E-state index >= 15 is 0 Å². The molecule has 14 heavy (non-hydrogen) atoms. The Kier molecular flexibility index (Phi) is 3.10. The van der Waals surface area contributed by atoms with Crippen LogP contribution in [0.15, 0.2) is 0 Å². The van der Waals surface area contributed by atoms with Crippen LogP contribution in [0.1, 0.15) is 13.8 Å². The van der Waals surface area contributed by atoms with Gasteiger partial charge in [-0.25, -0.2) is 0 Å². The highest BCUT2D eigenvalue weighted by Gasteiger charge is 2.34. The highest BCUT2D eigenvalue weighted by Crippen LogP contribution is 2.20. The quantitative estimate of drug-likeness (QED) is 0.684. The molecule has 1 atom stereocenters. The monoisotopic (exact) mass is 197 g/mol. The second-order valence-electron chi connectivity index (χ2n) is 5.12.